The number of carboxylic acids is 1. The summed E-state index contributed by atoms with van der Waals surface area (Å²) in [6, 6.07) is 5.66. The van der Waals surface area contributed by atoms with Crippen molar-refractivity contribution in [2.45, 2.75) is 32.8 Å². The molecule has 0 radical (unpaired) electrons. The fraction of sp³-hybridized carbons (Fsp3) is 0.286. The molecule has 8 heteroatoms. The van der Waals surface area contributed by atoms with Crippen LogP contribution in [0.15, 0.2) is 33.5 Å². The van der Waals surface area contributed by atoms with E-state index in [1.807, 2.05) is 42.8 Å². The van der Waals surface area contributed by atoms with E-state index in [1.165, 1.54) is 11.3 Å². The number of carboxylic acid groups (broad SMARTS) is 1. The number of aliphatic carboxylic acids is 1. The topological polar surface area (TPSA) is 97.5 Å². The standard InChI is InChI=1S/C21H20N2O5S/c1-3-26-17-8-14-6-12(2)27-18(14)9-15(17)7-16(10-19(24)25)21-22-20(23-28-21)13-4-5-29-11-13/h4-5,7-9,11-12H,3,6,10H2,1-2H3,(H,24,25)/p-1/b16-7+/t12-/m1/s1. The minimum atomic E-state index is -1.24. The van der Waals surface area contributed by atoms with Gasteiger partial charge in [0.1, 0.15) is 17.6 Å². The molecule has 0 saturated carbocycles. The van der Waals surface area contributed by atoms with Crippen LogP contribution in [0.3, 0.4) is 0 Å². The number of fused-ring (bicyclic) bond motifs is 1. The molecule has 1 atom stereocenters. The normalized spacial score (nSPS) is 15.8. The van der Waals surface area contributed by atoms with E-state index in [1.54, 1.807) is 6.08 Å². The average molecular weight is 411 g/mol. The Labute approximate surface area is 171 Å². The fourth-order valence-electron chi connectivity index (χ4n) is 3.24. The molecule has 0 amide bonds. The van der Waals surface area contributed by atoms with Gasteiger partial charge in [-0.25, -0.2) is 0 Å². The maximum absolute atomic E-state index is 11.4. The van der Waals surface area contributed by atoms with Crippen molar-refractivity contribution in [2.75, 3.05) is 6.61 Å². The molecule has 29 heavy (non-hydrogen) atoms. The van der Waals surface area contributed by atoms with Crippen molar-refractivity contribution in [3.8, 4) is 22.9 Å². The van der Waals surface area contributed by atoms with Gasteiger partial charge in [-0.1, -0.05) is 5.16 Å². The number of nitrogens with zero attached hydrogens (tertiary/aromatic N) is 2. The van der Waals surface area contributed by atoms with Gasteiger partial charge < -0.3 is 23.9 Å². The van der Waals surface area contributed by atoms with Crippen molar-refractivity contribution >= 4 is 29.0 Å². The van der Waals surface area contributed by atoms with E-state index < -0.39 is 5.97 Å². The maximum atomic E-state index is 11.4. The summed E-state index contributed by atoms with van der Waals surface area (Å²) in [6.45, 7) is 4.38. The molecule has 0 saturated heterocycles. The number of ether oxygens (including phenoxy) is 2. The lowest BCUT2D eigenvalue weighted by molar-refractivity contribution is -0.304. The number of hydrogen-bond donors (Lipinski definition) is 0. The molecular formula is C21H19N2O5S-. The average Bonchev–Trinajstić information content (AvgIpc) is 3.41. The third-order valence-electron chi connectivity index (χ3n) is 4.47. The van der Waals surface area contributed by atoms with Crippen molar-refractivity contribution in [3.05, 3.63) is 46.0 Å². The number of aromatic nitrogens is 2. The van der Waals surface area contributed by atoms with Crippen LogP contribution in [-0.2, 0) is 11.2 Å². The van der Waals surface area contributed by atoms with E-state index in [2.05, 4.69) is 10.1 Å². The smallest absolute Gasteiger partial charge is 0.254 e. The van der Waals surface area contributed by atoms with Crippen molar-refractivity contribution < 1.29 is 23.9 Å². The number of hydrogen-bond acceptors (Lipinski definition) is 8. The Morgan fingerprint density at radius 3 is 3.03 bits per heavy atom. The first-order valence-electron chi connectivity index (χ1n) is 9.27. The highest BCUT2D eigenvalue weighted by Gasteiger charge is 2.22. The lowest BCUT2D eigenvalue weighted by Gasteiger charge is -2.11. The molecule has 0 aliphatic carbocycles. The first kappa shape index (κ1) is 19.2. The second-order valence-corrected chi connectivity index (χ2v) is 7.50. The first-order chi connectivity index (χ1) is 14.0. The Balaban J connectivity index is 1.76. The summed E-state index contributed by atoms with van der Waals surface area (Å²) in [5.41, 5.74) is 2.90. The zero-order chi connectivity index (χ0) is 20.4. The van der Waals surface area contributed by atoms with Gasteiger partial charge in [0.2, 0.25) is 5.82 Å². The van der Waals surface area contributed by atoms with Gasteiger partial charge in [-0.15, -0.1) is 0 Å². The fourth-order valence-corrected chi connectivity index (χ4v) is 3.88. The van der Waals surface area contributed by atoms with Crippen molar-refractivity contribution in [2.24, 2.45) is 0 Å². The van der Waals surface area contributed by atoms with Crippen LogP contribution in [0.2, 0.25) is 0 Å². The first-order valence-corrected chi connectivity index (χ1v) is 10.2. The Kier molecular flexibility index (Phi) is 5.35. The van der Waals surface area contributed by atoms with E-state index in [0.29, 0.717) is 29.3 Å². The third-order valence-corrected chi connectivity index (χ3v) is 5.16. The molecule has 7 nitrogen and oxygen atoms in total. The molecule has 1 aliphatic heterocycles. The number of thiophene rings is 1. The van der Waals surface area contributed by atoms with E-state index in [0.717, 1.165) is 23.3 Å². The summed E-state index contributed by atoms with van der Waals surface area (Å²) >= 11 is 1.51. The van der Waals surface area contributed by atoms with Gasteiger partial charge in [0.05, 0.1) is 6.61 Å². The van der Waals surface area contributed by atoms with Gasteiger partial charge in [-0.3, -0.25) is 0 Å². The Hall–Kier alpha value is -3.13. The minimum absolute atomic E-state index is 0.0884. The van der Waals surface area contributed by atoms with Crippen LogP contribution in [0.4, 0.5) is 0 Å². The van der Waals surface area contributed by atoms with E-state index in [4.69, 9.17) is 14.0 Å². The van der Waals surface area contributed by atoms with Crippen LogP contribution in [0.1, 0.15) is 37.3 Å². The van der Waals surface area contributed by atoms with Gasteiger partial charge in [-0.05, 0) is 43.5 Å². The Morgan fingerprint density at radius 1 is 1.45 bits per heavy atom. The van der Waals surface area contributed by atoms with Crippen molar-refractivity contribution in [1.82, 2.24) is 10.1 Å². The summed E-state index contributed by atoms with van der Waals surface area (Å²) in [4.78, 5) is 15.7. The predicted octanol–water partition coefficient (Wildman–Crippen LogP) is 3.20. The highest BCUT2D eigenvalue weighted by molar-refractivity contribution is 7.08. The van der Waals surface area contributed by atoms with E-state index >= 15 is 0 Å². The minimum Gasteiger partial charge on any atom is -0.550 e. The zero-order valence-corrected chi connectivity index (χ0v) is 16.8. The molecule has 1 aromatic carbocycles. The van der Waals surface area contributed by atoms with Crippen LogP contribution in [0.5, 0.6) is 11.5 Å². The van der Waals surface area contributed by atoms with E-state index in [-0.39, 0.29) is 18.4 Å². The third kappa shape index (κ3) is 4.17. The van der Waals surface area contributed by atoms with Gasteiger partial charge >= 0.3 is 0 Å². The SMILES string of the molecule is CCOc1cc2c(cc1/C=C(\CC(=O)[O-])c1nc(-c3ccsc3)no1)O[C@H](C)C2. The predicted molar refractivity (Wildman–Crippen MR) is 107 cm³/mol. The Morgan fingerprint density at radius 2 is 2.31 bits per heavy atom. The van der Waals surface area contributed by atoms with Crippen LogP contribution in [-0.4, -0.2) is 28.8 Å². The van der Waals surface area contributed by atoms with Gasteiger partial charge in [0.25, 0.3) is 5.89 Å². The zero-order valence-electron chi connectivity index (χ0n) is 16.0. The monoisotopic (exact) mass is 411 g/mol. The molecule has 0 unspecified atom stereocenters. The molecule has 150 valence electrons. The molecule has 0 spiro atoms. The molecule has 0 bridgehead atoms. The quantitative estimate of drug-likeness (QED) is 0.589. The van der Waals surface area contributed by atoms with Gasteiger partial charge in [0, 0.05) is 46.5 Å². The lowest BCUT2D eigenvalue weighted by Crippen LogP contribution is -2.22. The van der Waals surface area contributed by atoms with Crippen LogP contribution >= 0.6 is 11.3 Å². The number of rotatable bonds is 7. The highest BCUT2D eigenvalue weighted by Crippen LogP contribution is 2.37. The number of benzene rings is 1. The van der Waals surface area contributed by atoms with E-state index in [9.17, 15) is 9.90 Å². The molecule has 2 aromatic heterocycles. The summed E-state index contributed by atoms with van der Waals surface area (Å²) in [7, 11) is 0. The second-order valence-electron chi connectivity index (χ2n) is 6.72. The molecule has 0 fully saturated rings. The van der Waals surface area contributed by atoms with Gasteiger partial charge in [0.15, 0.2) is 0 Å². The lowest BCUT2D eigenvalue weighted by atomic mass is 10.0. The molecule has 4 rings (SSSR count). The Bertz CT molecular complexity index is 1060. The van der Waals surface area contributed by atoms with Crippen LogP contribution in [0.25, 0.3) is 23.0 Å². The summed E-state index contributed by atoms with van der Waals surface area (Å²) in [5.74, 6) is 0.715. The van der Waals surface area contributed by atoms with Crippen LogP contribution in [0, 0.1) is 0 Å². The highest BCUT2D eigenvalue weighted by atomic mass is 32.1. The molecule has 3 aromatic rings. The van der Waals surface area contributed by atoms with Crippen molar-refractivity contribution in [1.29, 1.82) is 0 Å². The maximum Gasteiger partial charge on any atom is 0.254 e. The number of carbonyl (C=O) groups excluding carboxylic acids is 1. The van der Waals surface area contributed by atoms with Crippen LogP contribution < -0.4 is 14.6 Å². The second kappa shape index (κ2) is 8.08. The number of carbonyl (C=O) groups is 1. The summed E-state index contributed by atoms with van der Waals surface area (Å²) in [6.07, 6.45) is 2.20. The largest absolute Gasteiger partial charge is 0.550 e. The molecular weight excluding hydrogens is 392 g/mol. The molecule has 0 N–H and O–H groups in total. The van der Waals surface area contributed by atoms with Gasteiger partial charge in [-0.2, -0.15) is 16.3 Å². The summed E-state index contributed by atoms with van der Waals surface area (Å²) in [5, 5.41) is 19.1. The van der Waals surface area contributed by atoms with Crippen molar-refractivity contribution in [3.63, 3.8) is 0 Å². The molecule has 3 heterocycles. The summed E-state index contributed by atoms with van der Waals surface area (Å²) < 4.78 is 17.0. The molecule has 1 aliphatic rings.